The van der Waals surface area contributed by atoms with E-state index in [1.54, 1.807) is 68.4 Å². The van der Waals surface area contributed by atoms with Crippen LogP contribution in [0, 0.1) is 17.0 Å². The molecule has 35 heavy (non-hydrogen) atoms. The van der Waals surface area contributed by atoms with Crippen molar-refractivity contribution in [2.75, 3.05) is 6.61 Å². The summed E-state index contributed by atoms with van der Waals surface area (Å²) >= 11 is 0. The quantitative estimate of drug-likeness (QED) is 0.185. The predicted octanol–water partition coefficient (Wildman–Crippen LogP) is 5.56. The Morgan fingerprint density at radius 1 is 1.00 bits per heavy atom. The highest BCUT2D eigenvalue weighted by molar-refractivity contribution is 5.89. The maximum Gasteiger partial charge on any atom is 0.338 e. The summed E-state index contributed by atoms with van der Waals surface area (Å²) in [6.07, 6.45) is 0. The van der Waals surface area contributed by atoms with E-state index in [0.29, 0.717) is 28.0 Å². The van der Waals surface area contributed by atoms with E-state index in [4.69, 9.17) is 18.6 Å². The third kappa shape index (κ3) is 5.30. The van der Waals surface area contributed by atoms with Crippen LogP contribution in [-0.2, 0) is 11.3 Å². The van der Waals surface area contributed by atoms with Gasteiger partial charge in [-0.05, 0) is 67.9 Å². The molecule has 0 radical (unpaired) electrons. The number of carbonyl (C=O) groups excluding carboxylic acids is 1. The molecule has 0 fully saturated rings. The number of rotatable bonds is 8. The van der Waals surface area contributed by atoms with Crippen molar-refractivity contribution in [2.24, 2.45) is 0 Å². The lowest BCUT2D eigenvalue weighted by atomic mass is 10.2. The second-order valence-electron chi connectivity index (χ2n) is 7.53. The number of aryl methyl sites for hydroxylation is 1. The highest BCUT2D eigenvalue weighted by atomic mass is 16.6. The van der Waals surface area contributed by atoms with Gasteiger partial charge in [-0.15, -0.1) is 0 Å². The van der Waals surface area contributed by atoms with E-state index in [1.165, 1.54) is 12.1 Å². The van der Waals surface area contributed by atoms with Crippen LogP contribution in [0.3, 0.4) is 0 Å². The number of hydrogen-bond acceptors (Lipinski definition) is 8. The van der Waals surface area contributed by atoms with Crippen LogP contribution in [0.2, 0.25) is 0 Å². The van der Waals surface area contributed by atoms with Crippen LogP contribution >= 0.6 is 0 Å². The van der Waals surface area contributed by atoms with Crippen LogP contribution in [0.25, 0.3) is 11.0 Å². The second kappa shape index (κ2) is 10.1. The summed E-state index contributed by atoms with van der Waals surface area (Å²) in [7, 11) is 0. The number of esters is 1. The zero-order valence-electron chi connectivity index (χ0n) is 19.0. The van der Waals surface area contributed by atoms with E-state index in [1.807, 2.05) is 0 Å². The number of carbonyl (C=O) groups is 1. The number of fused-ring (bicyclic) bond motifs is 1. The normalized spacial score (nSPS) is 10.7. The molecule has 0 aliphatic carbocycles. The molecule has 4 aromatic rings. The van der Waals surface area contributed by atoms with Crippen molar-refractivity contribution in [2.45, 2.75) is 20.5 Å². The van der Waals surface area contributed by atoms with Crippen molar-refractivity contribution in [3.05, 3.63) is 104 Å². The summed E-state index contributed by atoms with van der Waals surface area (Å²) in [5.41, 5.74) is 1.12. The first-order valence-corrected chi connectivity index (χ1v) is 10.7. The van der Waals surface area contributed by atoms with Gasteiger partial charge in [0, 0.05) is 18.2 Å². The average Bonchev–Trinajstić information content (AvgIpc) is 2.86. The highest BCUT2D eigenvalue weighted by Gasteiger charge is 2.15. The standard InChI is InChI=1S/C26H21NO8/c1-3-32-26(29)18-6-10-20(11-7-18)35-25-16(2)34-23-14-21(12-13-22(23)24(25)28)33-15-17-4-8-19(9-5-17)27(30)31/h4-14H,3,15H2,1-2H3. The van der Waals surface area contributed by atoms with Gasteiger partial charge >= 0.3 is 5.97 Å². The first-order valence-electron chi connectivity index (χ1n) is 10.7. The molecule has 9 heteroatoms. The highest BCUT2D eigenvalue weighted by Crippen LogP contribution is 2.28. The van der Waals surface area contributed by atoms with Gasteiger partial charge in [0.1, 0.15) is 29.4 Å². The summed E-state index contributed by atoms with van der Waals surface area (Å²) < 4.78 is 22.3. The molecule has 0 spiro atoms. The van der Waals surface area contributed by atoms with Crippen molar-refractivity contribution < 1.29 is 28.3 Å². The lowest BCUT2D eigenvalue weighted by Gasteiger charge is -2.11. The Hall–Kier alpha value is -4.66. The Bertz CT molecular complexity index is 1440. The number of non-ortho nitro benzene ring substituents is 1. The summed E-state index contributed by atoms with van der Waals surface area (Å²) in [5, 5.41) is 11.1. The minimum Gasteiger partial charge on any atom is -0.489 e. The summed E-state index contributed by atoms with van der Waals surface area (Å²) in [6.45, 7) is 3.81. The fraction of sp³-hybridized carbons (Fsp3) is 0.154. The number of ether oxygens (including phenoxy) is 3. The Morgan fingerprint density at radius 2 is 1.69 bits per heavy atom. The molecular weight excluding hydrogens is 454 g/mol. The zero-order chi connectivity index (χ0) is 24.9. The van der Waals surface area contributed by atoms with Crippen LogP contribution in [-0.4, -0.2) is 17.5 Å². The van der Waals surface area contributed by atoms with Crippen LogP contribution < -0.4 is 14.9 Å². The van der Waals surface area contributed by atoms with E-state index in [0.717, 1.165) is 5.56 Å². The van der Waals surface area contributed by atoms with Gasteiger partial charge in [0.25, 0.3) is 5.69 Å². The van der Waals surface area contributed by atoms with Crippen LogP contribution in [0.1, 0.15) is 28.6 Å². The lowest BCUT2D eigenvalue weighted by Crippen LogP contribution is -2.08. The first-order chi connectivity index (χ1) is 16.9. The van der Waals surface area contributed by atoms with E-state index in [9.17, 15) is 19.7 Å². The molecule has 0 atom stereocenters. The maximum absolute atomic E-state index is 13.0. The summed E-state index contributed by atoms with van der Waals surface area (Å²) in [4.78, 5) is 35.1. The fourth-order valence-electron chi connectivity index (χ4n) is 3.35. The SMILES string of the molecule is CCOC(=O)c1ccc(Oc2c(C)oc3cc(OCc4ccc([N+](=O)[O-])cc4)ccc3c2=O)cc1. The van der Waals surface area contributed by atoms with Gasteiger partial charge < -0.3 is 18.6 Å². The minimum atomic E-state index is -0.463. The van der Waals surface area contributed by atoms with Gasteiger partial charge in [0.15, 0.2) is 0 Å². The molecule has 1 heterocycles. The van der Waals surface area contributed by atoms with Crippen molar-refractivity contribution >= 4 is 22.6 Å². The third-order valence-electron chi connectivity index (χ3n) is 5.12. The Labute approximate surface area is 199 Å². The van der Waals surface area contributed by atoms with Crippen LogP contribution in [0.5, 0.6) is 17.2 Å². The zero-order valence-corrected chi connectivity index (χ0v) is 19.0. The molecule has 0 amide bonds. The van der Waals surface area contributed by atoms with E-state index in [-0.39, 0.29) is 35.8 Å². The summed E-state index contributed by atoms with van der Waals surface area (Å²) in [5.74, 6) is 0.731. The molecule has 3 aromatic carbocycles. The topological polar surface area (TPSA) is 118 Å². The van der Waals surface area contributed by atoms with Gasteiger partial charge in [0.05, 0.1) is 22.5 Å². The molecule has 178 valence electrons. The molecule has 0 aliphatic heterocycles. The van der Waals surface area contributed by atoms with Crippen molar-refractivity contribution in [3.63, 3.8) is 0 Å². The van der Waals surface area contributed by atoms with E-state index in [2.05, 4.69) is 0 Å². The number of benzene rings is 3. The van der Waals surface area contributed by atoms with Crippen LogP contribution in [0.4, 0.5) is 5.69 Å². The minimum absolute atomic E-state index is 0.00432. The molecule has 0 saturated carbocycles. The van der Waals surface area contributed by atoms with Crippen LogP contribution in [0.15, 0.2) is 75.9 Å². The van der Waals surface area contributed by atoms with Gasteiger partial charge in [-0.3, -0.25) is 14.9 Å². The maximum atomic E-state index is 13.0. The molecule has 1 aromatic heterocycles. The Morgan fingerprint density at radius 3 is 2.34 bits per heavy atom. The Kier molecular flexibility index (Phi) is 6.77. The fourth-order valence-corrected chi connectivity index (χ4v) is 3.35. The van der Waals surface area contributed by atoms with Crippen molar-refractivity contribution in [3.8, 4) is 17.2 Å². The number of nitro benzene ring substituents is 1. The van der Waals surface area contributed by atoms with Crippen molar-refractivity contribution in [1.82, 2.24) is 0 Å². The second-order valence-corrected chi connectivity index (χ2v) is 7.53. The van der Waals surface area contributed by atoms with Gasteiger partial charge in [-0.25, -0.2) is 4.79 Å². The molecule has 4 rings (SSSR count). The van der Waals surface area contributed by atoms with E-state index < -0.39 is 10.9 Å². The van der Waals surface area contributed by atoms with Gasteiger partial charge in [-0.1, -0.05) is 0 Å². The number of nitro groups is 1. The molecule has 0 unspecified atom stereocenters. The molecular formula is C26H21NO8. The smallest absolute Gasteiger partial charge is 0.338 e. The Balaban J connectivity index is 1.51. The lowest BCUT2D eigenvalue weighted by molar-refractivity contribution is -0.384. The average molecular weight is 475 g/mol. The number of nitrogens with zero attached hydrogens (tertiary/aromatic N) is 1. The molecule has 0 saturated heterocycles. The summed E-state index contributed by atoms with van der Waals surface area (Å²) in [6, 6.07) is 17.1. The van der Waals surface area contributed by atoms with Crippen molar-refractivity contribution in [1.29, 1.82) is 0 Å². The van der Waals surface area contributed by atoms with E-state index >= 15 is 0 Å². The number of hydrogen-bond donors (Lipinski definition) is 0. The van der Waals surface area contributed by atoms with Gasteiger partial charge in [0.2, 0.25) is 11.2 Å². The molecule has 0 aliphatic rings. The molecule has 9 nitrogen and oxygen atoms in total. The largest absolute Gasteiger partial charge is 0.489 e. The predicted molar refractivity (Wildman–Crippen MR) is 127 cm³/mol. The monoisotopic (exact) mass is 475 g/mol. The molecule has 0 bridgehead atoms. The molecule has 0 N–H and O–H groups in total. The first kappa shape index (κ1) is 23.5. The van der Waals surface area contributed by atoms with Gasteiger partial charge in [-0.2, -0.15) is 0 Å². The third-order valence-corrected chi connectivity index (χ3v) is 5.12.